The number of para-hydroxylation sites is 1. The summed E-state index contributed by atoms with van der Waals surface area (Å²) in [5.74, 6) is -0.618. The molecule has 0 aliphatic carbocycles. The van der Waals surface area contributed by atoms with Crippen molar-refractivity contribution in [3.05, 3.63) is 63.8 Å². The number of nitrogens with zero attached hydrogens (tertiary/aromatic N) is 1. The highest BCUT2D eigenvalue weighted by Crippen LogP contribution is 2.40. The number of carboxylic acid groups (broad SMARTS) is 1. The second-order valence-corrected chi connectivity index (χ2v) is 7.57. The van der Waals surface area contributed by atoms with Gasteiger partial charge in [0.05, 0.1) is 27.9 Å². The first kappa shape index (κ1) is 21.8. The lowest BCUT2D eigenvalue weighted by Gasteiger charge is -2.26. The molecule has 0 aliphatic heterocycles. The standard InChI is InChI=1S/C21H18F3NO4S/c1-3-25(15-8-6-5-7-13(15)20(27)28)16-10-12(21(22,23)24)9-14-17(26)11-18(30-4-2)29-19(14)16/h5-11H,3-4H2,1-2H3,(H,27,28). The number of carboxylic acids is 1. The number of alkyl halides is 3. The molecule has 0 fully saturated rings. The van der Waals surface area contributed by atoms with Crippen molar-refractivity contribution in [2.75, 3.05) is 17.2 Å². The van der Waals surface area contributed by atoms with Gasteiger partial charge in [-0.25, -0.2) is 4.79 Å². The number of aromatic carboxylic acids is 1. The van der Waals surface area contributed by atoms with Crippen molar-refractivity contribution in [3.8, 4) is 0 Å². The molecule has 30 heavy (non-hydrogen) atoms. The number of rotatable bonds is 6. The molecule has 158 valence electrons. The molecule has 9 heteroatoms. The Hall–Kier alpha value is -2.94. The summed E-state index contributed by atoms with van der Waals surface area (Å²) < 4.78 is 46.5. The van der Waals surface area contributed by atoms with E-state index in [1.165, 1.54) is 40.9 Å². The molecule has 1 N–H and O–H groups in total. The zero-order valence-electron chi connectivity index (χ0n) is 16.1. The van der Waals surface area contributed by atoms with E-state index >= 15 is 0 Å². The number of benzene rings is 2. The van der Waals surface area contributed by atoms with Crippen LogP contribution in [-0.4, -0.2) is 23.4 Å². The summed E-state index contributed by atoms with van der Waals surface area (Å²) >= 11 is 1.24. The fourth-order valence-electron chi connectivity index (χ4n) is 3.16. The van der Waals surface area contributed by atoms with Crippen LogP contribution in [0.5, 0.6) is 0 Å². The summed E-state index contributed by atoms with van der Waals surface area (Å²) in [5, 5.41) is 9.59. The van der Waals surface area contributed by atoms with Gasteiger partial charge in [0, 0.05) is 12.6 Å². The molecule has 1 heterocycles. The number of fused-ring (bicyclic) bond motifs is 1. The smallest absolute Gasteiger partial charge is 0.416 e. The van der Waals surface area contributed by atoms with Crippen molar-refractivity contribution in [3.63, 3.8) is 0 Å². The Morgan fingerprint density at radius 3 is 2.43 bits per heavy atom. The van der Waals surface area contributed by atoms with Crippen molar-refractivity contribution >= 4 is 40.1 Å². The Kier molecular flexibility index (Phi) is 6.12. The van der Waals surface area contributed by atoms with E-state index in [0.29, 0.717) is 5.75 Å². The molecule has 0 unspecified atom stereocenters. The molecule has 3 rings (SSSR count). The molecule has 1 aromatic heterocycles. The highest BCUT2D eigenvalue weighted by molar-refractivity contribution is 7.99. The lowest BCUT2D eigenvalue weighted by Crippen LogP contribution is -2.21. The van der Waals surface area contributed by atoms with Crippen LogP contribution in [0.4, 0.5) is 24.5 Å². The summed E-state index contributed by atoms with van der Waals surface area (Å²) in [4.78, 5) is 25.7. The minimum absolute atomic E-state index is 0.0199. The lowest BCUT2D eigenvalue weighted by atomic mass is 10.1. The van der Waals surface area contributed by atoms with Gasteiger partial charge in [-0.1, -0.05) is 30.8 Å². The number of hydrogen-bond donors (Lipinski definition) is 1. The number of anilines is 2. The Morgan fingerprint density at radius 2 is 1.83 bits per heavy atom. The van der Waals surface area contributed by atoms with Crippen LogP contribution in [0.1, 0.15) is 29.8 Å². The maximum absolute atomic E-state index is 13.6. The molecule has 0 radical (unpaired) electrons. The van der Waals surface area contributed by atoms with Gasteiger partial charge in [0.25, 0.3) is 0 Å². The molecule has 3 aromatic rings. The van der Waals surface area contributed by atoms with Gasteiger partial charge in [0.1, 0.15) is 0 Å². The number of halogens is 3. The normalized spacial score (nSPS) is 11.6. The van der Waals surface area contributed by atoms with Gasteiger partial charge < -0.3 is 14.4 Å². The van der Waals surface area contributed by atoms with Crippen LogP contribution in [-0.2, 0) is 6.18 Å². The van der Waals surface area contributed by atoms with Gasteiger partial charge in [0.2, 0.25) is 0 Å². The Balaban J connectivity index is 2.39. The van der Waals surface area contributed by atoms with E-state index in [2.05, 4.69) is 0 Å². The quantitative estimate of drug-likeness (QED) is 0.493. The van der Waals surface area contributed by atoms with E-state index in [4.69, 9.17) is 4.42 Å². The predicted octanol–water partition coefficient (Wildman–Crippen LogP) is 5.78. The van der Waals surface area contributed by atoms with E-state index in [1.807, 2.05) is 6.92 Å². The van der Waals surface area contributed by atoms with Crippen LogP contribution >= 0.6 is 11.8 Å². The minimum Gasteiger partial charge on any atom is -0.478 e. The maximum Gasteiger partial charge on any atom is 0.416 e. The van der Waals surface area contributed by atoms with Gasteiger partial charge in [-0.05, 0) is 36.9 Å². The van der Waals surface area contributed by atoms with Gasteiger partial charge in [-0.3, -0.25) is 4.79 Å². The van der Waals surface area contributed by atoms with E-state index < -0.39 is 23.1 Å². The Morgan fingerprint density at radius 1 is 1.13 bits per heavy atom. The lowest BCUT2D eigenvalue weighted by molar-refractivity contribution is -0.137. The molecule has 0 saturated heterocycles. The van der Waals surface area contributed by atoms with Crippen LogP contribution in [0.15, 0.2) is 56.8 Å². The van der Waals surface area contributed by atoms with E-state index in [9.17, 15) is 27.9 Å². The van der Waals surface area contributed by atoms with Crippen molar-refractivity contribution in [2.24, 2.45) is 0 Å². The highest BCUT2D eigenvalue weighted by atomic mass is 32.2. The van der Waals surface area contributed by atoms with Gasteiger partial charge in [0.15, 0.2) is 16.1 Å². The SMILES string of the molecule is CCSc1cc(=O)c2cc(C(F)(F)F)cc(N(CC)c3ccccc3C(=O)O)c2o1. The van der Waals surface area contributed by atoms with Crippen LogP contribution in [0.25, 0.3) is 11.0 Å². The van der Waals surface area contributed by atoms with Gasteiger partial charge in [-0.15, -0.1) is 0 Å². The fourth-order valence-corrected chi connectivity index (χ4v) is 3.77. The number of hydrogen-bond acceptors (Lipinski definition) is 5. The molecule has 0 spiro atoms. The summed E-state index contributed by atoms with van der Waals surface area (Å²) in [6.07, 6.45) is -4.70. The van der Waals surface area contributed by atoms with Crippen LogP contribution < -0.4 is 10.3 Å². The molecule has 0 aliphatic rings. The molecule has 5 nitrogen and oxygen atoms in total. The zero-order valence-corrected chi connectivity index (χ0v) is 16.9. The predicted molar refractivity (Wildman–Crippen MR) is 110 cm³/mol. The average Bonchev–Trinajstić information content (AvgIpc) is 2.68. The second-order valence-electron chi connectivity index (χ2n) is 6.30. The monoisotopic (exact) mass is 437 g/mol. The molecule has 0 bridgehead atoms. The molecule has 0 amide bonds. The fraction of sp³-hybridized carbons (Fsp3) is 0.238. The van der Waals surface area contributed by atoms with E-state index in [-0.39, 0.29) is 39.5 Å². The first-order valence-electron chi connectivity index (χ1n) is 9.09. The van der Waals surface area contributed by atoms with Gasteiger partial charge >= 0.3 is 12.1 Å². The summed E-state index contributed by atoms with van der Waals surface area (Å²) in [6, 6.07) is 8.81. The molecule has 2 aromatic carbocycles. The van der Waals surface area contributed by atoms with Crippen LogP contribution in [0.3, 0.4) is 0 Å². The summed E-state index contributed by atoms with van der Waals surface area (Å²) in [5.41, 5.74) is -1.53. The topological polar surface area (TPSA) is 70.8 Å². The zero-order chi connectivity index (χ0) is 22.1. The largest absolute Gasteiger partial charge is 0.478 e. The van der Waals surface area contributed by atoms with Crippen molar-refractivity contribution in [1.82, 2.24) is 0 Å². The van der Waals surface area contributed by atoms with Crippen molar-refractivity contribution < 1.29 is 27.5 Å². The third-order valence-electron chi connectivity index (χ3n) is 4.43. The minimum atomic E-state index is -4.70. The molecular weight excluding hydrogens is 419 g/mol. The van der Waals surface area contributed by atoms with Crippen molar-refractivity contribution in [1.29, 1.82) is 0 Å². The Labute approximate surface area is 174 Å². The first-order valence-corrected chi connectivity index (χ1v) is 10.1. The van der Waals surface area contributed by atoms with Gasteiger partial charge in [-0.2, -0.15) is 13.2 Å². The third kappa shape index (κ3) is 4.16. The van der Waals surface area contributed by atoms with Crippen LogP contribution in [0.2, 0.25) is 0 Å². The number of carbonyl (C=O) groups is 1. The number of thioether (sulfide) groups is 1. The van der Waals surface area contributed by atoms with E-state index in [1.54, 1.807) is 13.0 Å². The summed E-state index contributed by atoms with van der Waals surface area (Å²) in [6.45, 7) is 3.67. The Bertz CT molecular complexity index is 1160. The first-order chi connectivity index (χ1) is 14.2. The van der Waals surface area contributed by atoms with Crippen LogP contribution in [0, 0.1) is 0 Å². The highest BCUT2D eigenvalue weighted by Gasteiger charge is 2.33. The molecule has 0 saturated carbocycles. The second kappa shape index (κ2) is 8.43. The van der Waals surface area contributed by atoms with E-state index in [0.717, 1.165) is 12.1 Å². The summed E-state index contributed by atoms with van der Waals surface area (Å²) in [7, 11) is 0. The average molecular weight is 437 g/mol. The molecular formula is C21H18F3NO4S. The third-order valence-corrected chi connectivity index (χ3v) is 5.21. The van der Waals surface area contributed by atoms with Crippen molar-refractivity contribution in [2.45, 2.75) is 25.1 Å². The maximum atomic E-state index is 13.6. The molecule has 0 atom stereocenters.